The molecule has 140 valence electrons. The lowest BCUT2D eigenvalue weighted by Gasteiger charge is -2.29. The number of nitrogens with one attached hydrogen (secondary N) is 1. The summed E-state index contributed by atoms with van der Waals surface area (Å²) in [4.78, 5) is 27.6. The second-order valence-corrected chi connectivity index (χ2v) is 7.09. The molecule has 0 radical (unpaired) electrons. The number of aryl methyl sites for hydroxylation is 2. The summed E-state index contributed by atoms with van der Waals surface area (Å²) in [6.45, 7) is 2.69. The summed E-state index contributed by atoms with van der Waals surface area (Å²) in [5.74, 6) is -0.297. The van der Waals surface area contributed by atoms with Gasteiger partial charge in [0.25, 0.3) is 11.8 Å². The van der Waals surface area contributed by atoms with E-state index >= 15 is 0 Å². The summed E-state index contributed by atoms with van der Waals surface area (Å²) in [5.41, 5.74) is 5.01. The normalized spacial score (nSPS) is 13.0. The first-order valence-corrected chi connectivity index (χ1v) is 9.50. The average Bonchev–Trinajstić information content (AvgIpc) is 2.74. The van der Waals surface area contributed by atoms with Crippen molar-refractivity contribution in [1.29, 1.82) is 0 Å². The molecule has 1 heterocycles. The van der Waals surface area contributed by atoms with Gasteiger partial charge in [0, 0.05) is 29.0 Å². The number of benzene rings is 3. The zero-order valence-corrected chi connectivity index (χ0v) is 15.8. The Morgan fingerprint density at radius 1 is 0.893 bits per heavy atom. The Bertz CT molecular complexity index is 1020. The van der Waals surface area contributed by atoms with Crippen molar-refractivity contribution in [2.24, 2.45) is 0 Å². The van der Waals surface area contributed by atoms with Crippen LogP contribution in [0.15, 0.2) is 72.8 Å². The van der Waals surface area contributed by atoms with E-state index < -0.39 is 0 Å². The lowest BCUT2D eigenvalue weighted by Crippen LogP contribution is -2.35. The molecule has 0 atom stereocenters. The van der Waals surface area contributed by atoms with Crippen LogP contribution < -0.4 is 10.2 Å². The van der Waals surface area contributed by atoms with Crippen LogP contribution >= 0.6 is 0 Å². The van der Waals surface area contributed by atoms with E-state index in [2.05, 4.69) is 11.4 Å². The summed E-state index contributed by atoms with van der Waals surface area (Å²) < 4.78 is 0. The molecule has 3 aromatic rings. The van der Waals surface area contributed by atoms with Gasteiger partial charge in [-0.25, -0.2) is 0 Å². The molecule has 0 saturated heterocycles. The molecule has 1 aliphatic rings. The van der Waals surface area contributed by atoms with Crippen molar-refractivity contribution in [3.05, 3.63) is 95.1 Å². The lowest BCUT2D eigenvalue weighted by atomic mass is 10.0. The summed E-state index contributed by atoms with van der Waals surface area (Å²) in [7, 11) is 0. The minimum atomic E-state index is -0.224. The van der Waals surface area contributed by atoms with Crippen molar-refractivity contribution >= 4 is 23.2 Å². The number of nitrogens with zero attached hydrogens (tertiary/aromatic N) is 1. The van der Waals surface area contributed by atoms with E-state index in [0.717, 1.165) is 29.8 Å². The highest BCUT2D eigenvalue weighted by molar-refractivity contribution is 6.10. The van der Waals surface area contributed by atoms with Crippen LogP contribution in [0.3, 0.4) is 0 Å². The Morgan fingerprint density at radius 2 is 1.64 bits per heavy atom. The van der Waals surface area contributed by atoms with E-state index in [1.54, 1.807) is 24.3 Å². The standard InChI is InChI=1S/C24H22N2O2/c1-17-11-13-21(14-12-17)25-23(27)19-7-4-8-20(16-19)24(28)26-15-5-9-18-6-2-3-10-22(18)26/h2-4,6-8,10-14,16H,5,9,15H2,1H3,(H,25,27). The SMILES string of the molecule is Cc1ccc(NC(=O)c2cccc(C(=O)N3CCCc4ccccc43)c2)cc1. The number of para-hydroxylation sites is 1. The minimum absolute atomic E-state index is 0.0721. The van der Waals surface area contributed by atoms with Gasteiger partial charge in [0.05, 0.1) is 0 Å². The molecule has 0 spiro atoms. The maximum absolute atomic E-state index is 13.1. The molecule has 0 bridgehead atoms. The summed E-state index contributed by atoms with van der Waals surface area (Å²) >= 11 is 0. The van der Waals surface area contributed by atoms with Crippen molar-refractivity contribution in [2.45, 2.75) is 19.8 Å². The fraction of sp³-hybridized carbons (Fsp3) is 0.167. The Morgan fingerprint density at radius 3 is 2.46 bits per heavy atom. The first-order valence-electron chi connectivity index (χ1n) is 9.50. The number of amides is 2. The minimum Gasteiger partial charge on any atom is -0.322 e. The lowest BCUT2D eigenvalue weighted by molar-refractivity contribution is 0.0985. The van der Waals surface area contributed by atoms with Gasteiger partial charge < -0.3 is 10.2 Å². The molecule has 1 N–H and O–H groups in total. The molecule has 0 fully saturated rings. The summed E-state index contributed by atoms with van der Waals surface area (Å²) in [6.07, 6.45) is 1.93. The predicted molar refractivity (Wildman–Crippen MR) is 112 cm³/mol. The molecule has 4 nitrogen and oxygen atoms in total. The Labute approximate surface area is 164 Å². The smallest absolute Gasteiger partial charge is 0.258 e. The second kappa shape index (κ2) is 7.69. The van der Waals surface area contributed by atoms with Gasteiger partial charge in [-0.1, -0.05) is 42.0 Å². The number of fused-ring (bicyclic) bond motifs is 1. The second-order valence-electron chi connectivity index (χ2n) is 7.09. The van der Waals surface area contributed by atoms with E-state index in [4.69, 9.17) is 0 Å². The monoisotopic (exact) mass is 370 g/mol. The third-order valence-electron chi connectivity index (χ3n) is 5.04. The van der Waals surface area contributed by atoms with Crippen LogP contribution in [-0.2, 0) is 6.42 Å². The van der Waals surface area contributed by atoms with Crippen molar-refractivity contribution in [1.82, 2.24) is 0 Å². The van der Waals surface area contributed by atoms with Crippen molar-refractivity contribution in [2.75, 3.05) is 16.8 Å². The van der Waals surface area contributed by atoms with Crippen molar-refractivity contribution in [3.8, 4) is 0 Å². The van der Waals surface area contributed by atoms with Crippen LogP contribution in [-0.4, -0.2) is 18.4 Å². The molecule has 0 aromatic heterocycles. The van der Waals surface area contributed by atoms with Gasteiger partial charge in [0.15, 0.2) is 0 Å². The van der Waals surface area contributed by atoms with E-state index in [-0.39, 0.29) is 11.8 Å². The fourth-order valence-corrected chi connectivity index (χ4v) is 3.53. The molecule has 3 aromatic carbocycles. The summed E-state index contributed by atoms with van der Waals surface area (Å²) in [6, 6.07) is 22.6. The predicted octanol–water partition coefficient (Wildman–Crippen LogP) is 4.84. The number of carbonyl (C=O) groups is 2. The topological polar surface area (TPSA) is 49.4 Å². The van der Waals surface area contributed by atoms with Crippen LogP contribution in [0.25, 0.3) is 0 Å². The Hall–Kier alpha value is -3.40. The van der Waals surface area contributed by atoms with Gasteiger partial charge in [0.2, 0.25) is 0 Å². The maximum atomic E-state index is 13.1. The van der Waals surface area contributed by atoms with Crippen LogP contribution in [0.2, 0.25) is 0 Å². The number of hydrogen-bond acceptors (Lipinski definition) is 2. The van der Waals surface area contributed by atoms with Gasteiger partial charge in [-0.3, -0.25) is 9.59 Å². The van der Waals surface area contributed by atoms with Crippen LogP contribution in [0, 0.1) is 6.92 Å². The molecular weight excluding hydrogens is 348 g/mol. The molecule has 0 saturated carbocycles. The Balaban J connectivity index is 1.56. The highest BCUT2D eigenvalue weighted by Gasteiger charge is 2.23. The van der Waals surface area contributed by atoms with Crippen LogP contribution in [0.5, 0.6) is 0 Å². The van der Waals surface area contributed by atoms with Crippen molar-refractivity contribution in [3.63, 3.8) is 0 Å². The van der Waals surface area contributed by atoms with E-state index in [1.165, 1.54) is 5.56 Å². The van der Waals surface area contributed by atoms with Crippen molar-refractivity contribution < 1.29 is 9.59 Å². The van der Waals surface area contributed by atoms with Gasteiger partial charge in [-0.05, 0) is 61.7 Å². The molecule has 4 heteroatoms. The number of rotatable bonds is 3. The largest absolute Gasteiger partial charge is 0.322 e. The highest BCUT2D eigenvalue weighted by Crippen LogP contribution is 2.28. The molecule has 1 aliphatic heterocycles. The first kappa shape index (κ1) is 18.0. The molecule has 0 unspecified atom stereocenters. The van der Waals surface area contributed by atoms with Crippen LogP contribution in [0.4, 0.5) is 11.4 Å². The fourth-order valence-electron chi connectivity index (χ4n) is 3.53. The van der Waals surface area contributed by atoms with E-state index in [9.17, 15) is 9.59 Å². The van der Waals surface area contributed by atoms with Crippen LogP contribution in [0.1, 0.15) is 38.3 Å². The molecule has 4 rings (SSSR count). The number of hydrogen-bond donors (Lipinski definition) is 1. The first-order chi connectivity index (χ1) is 13.6. The number of carbonyl (C=O) groups excluding carboxylic acids is 2. The third-order valence-corrected chi connectivity index (χ3v) is 5.04. The molecule has 28 heavy (non-hydrogen) atoms. The highest BCUT2D eigenvalue weighted by atomic mass is 16.2. The maximum Gasteiger partial charge on any atom is 0.258 e. The molecular formula is C24H22N2O2. The Kier molecular flexibility index (Phi) is 4.94. The molecule has 2 amide bonds. The van der Waals surface area contributed by atoms with Gasteiger partial charge in [-0.2, -0.15) is 0 Å². The zero-order valence-electron chi connectivity index (χ0n) is 15.8. The van der Waals surface area contributed by atoms with Gasteiger partial charge >= 0.3 is 0 Å². The summed E-state index contributed by atoms with van der Waals surface area (Å²) in [5, 5.41) is 2.88. The average molecular weight is 370 g/mol. The quantitative estimate of drug-likeness (QED) is 0.717. The van der Waals surface area contributed by atoms with E-state index in [1.807, 2.05) is 54.3 Å². The number of anilines is 2. The van der Waals surface area contributed by atoms with Gasteiger partial charge in [0.1, 0.15) is 0 Å². The third kappa shape index (κ3) is 3.67. The van der Waals surface area contributed by atoms with E-state index in [0.29, 0.717) is 17.7 Å². The van der Waals surface area contributed by atoms with Gasteiger partial charge in [-0.15, -0.1) is 0 Å². The zero-order chi connectivity index (χ0) is 19.5. The molecule has 0 aliphatic carbocycles.